The second-order valence-electron chi connectivity index (χ2n) is 6.98. The Morgan fingerprint density at radius 2 is 1.90 bits per heavy atom. The highest BCUT2D eigenvalue weighted by Gasteiger charge is 2.20. The number of carbonyl (C=O) groups excluding carboxylic acids is 1. The molecular weight excluding hydrogens is 445 g/mol. The summed E-state index contributed by atoms with van der Waals surface area (Å²) in [6, 6.07) is 9.74. The van der Waals surface area contributed by atoms with Crippen molar-refractivity contribution in [2.45, 2.75) is 17.9 Å². The monoisotopic (exact) mass is 465 g/mol. The van der Waals surface area contributed by atoms with Crippen LogP contribution in [-0.2, 0) is 26.1 Å². The third-order valence-corrected chi connectivity index (χ3v) is 7.29. The Morgan fingerprint density at radius 3 is 2.65 bits per heavy atom. The highest BCUT2D eigenvalue weighted by molar-refractivity contribution is 7.92. The van der Waals surface area contributed by atoms with Crippen molar-refractivity contribution < 1.29 is 22.3 Å². The molecule has 0 saturated carbocycles. The van der Waals surface area contributed by atoms with Gasteiger partial charge in [-0.05, 0) is 30.3 Å². The number of aryl methyl sites for hydroxylation is 1. The van der Waals surface area contributed by atoms with Gasteiger partial charge in [0.1, 0.15) is 5.82 Å². The molecule has 0 spiro atoms. The summed E-state index contributed by atoms with van der Waals surface area (Å²) in [7, 11) is -4.04. The van der Waals surface area contributed by atoms with Gasteiger partial charge in [0.05, 0.1) is 34.0 Å². The summed E-state index contributed by atoms with van der Waals surface area (Å²) in [6.07, 6.45) is 0.167. The van der Waals surface area contributed by atoms with E-state index in [9.17, 15) is 22.4 Å². The zero-order valence-corrected chi connectivity index (χ0v) is 18.0. The van der Waals surface area contributed by atoms with Crippen LogP contribution in [0.15, 0.2) is 52.2 Å². The molecular formula is C20H20FN3O5S2. The molecule has 0 unspecified atom stereocenters. The largest absolute Gasteiger partial charge is 0.378 e. The van der Waals surface area contributed by atoms with Gasteiger partial charge in [-0.3, -0.25) is 18.9 Å². The maximum Gasteiger partial charge on any atom is 0.308 e. The third kappa shape index (κ3) is 4.63. The standard InChI is InChI=1S/C20H20FN3O5S2/c21-15-3-1-2-4-16(15)22-31(27,28)14-5-6-17-18(13-14)30-20(26)24(17)8-7-19(25)23-9-11-29-12-10-23/h1-6,13,22H,7-12H2. The van der Waals surface area contributed by atoms with Gasteiger partial charge in [0.2, 0.25) is 5.91 Å². The minimum Gasteiger partial charge on any atom is -0.378 e. The van der Waals surface area contributed by atoms with Crippen molar-refractivity contribution >= 4 is 43.2 Å². The summed E-state index contributed by atoms with van der Waals surface area (Å²) in [5.41, 5.74) is 0.393. The lowest BCUT2D eigenvalue weighted by Crippen LogP contribution is -2.41. The lowest BCUT2D eigenvalue weighted by Gasteiger charge is -2.26. The Kier molecular flexibility index (Phi) is 6.08. The number of carbonyl (C=O) groups is 1. The maximum absolute atomic E-state index is 13.8. The van der Waals surface area contributed by atoms with Crippen LogP contribution in [0, 0.1) is 5.82 Å². The molecule has 2 aromatic carbocycles. The lowest BCUT2D eigenvalue weighted by atomic mass is 10.3. The van der Waals surface area contributed by atoms with E-state index in [0.717, 1.165) is 17.4 Å². The molecule has 0 radical (unpaired) electrons. The zero-order valence-electron chi connectivity index (χ0n) is 16.4. The molecule has 1 amide bonds. The smallest absolute Gasteiger partial charge is 0.308 e. The van der Waals surface area contributed by atoms with E-state index in [0.29, 0.717) is 36.5 Å². The van der Waals surface area contributed by atoms with E-state index in [-0.39, 0.29) is 34.3 Å². The van der Waals surface area contributed by atoms with Crippen molar-refractivity contribution in [3.63, 3.8) is 0 Å². The average molecular weight is 466 g/mol. The number of ether oxygens (including phenoxy) is 1. The molecule has 0 aliphatic carbocycles. The normalized spacial score (nSPS) is 14.7. The number of rotatable bonds is 6. The van der Waals surface area contributed by atoms with Crippen LogP contribution < -0.4 is 9.60 Å². The van der Waals surface area contributed by atoms with Crippen LogP contribution in [0.25, 0.3) is 10.2 Å². The number of morpholine rings is 1. The molecule has 1 N–H and O–H groups in total. The molecule has 3 aromatic rings. The van der Waals surface area contributed by atoms with Crippen LogP contribution in [0.4, 0.5) is 10.1 Å². The molecule has 11 heteroatoms. The van der Waals surface area contributed by atoms with Gasteiger partial charge in [-0.15, -0.1) is 0 Å². The summed E-state index contributed by atoms with van der Waals surface area (Å²) in [5.74, 6) is -0.740. The maximum atomic E-state index is 13.8. The topological polar surface area (TPSA) is 97.7 Å². The van der Waals surface area contributed by atoms with Gasteiger partial charge in [-0.25, -0.2) is 12.8 Å². The highest BCUT2D eigenvalue weighted by Crippen LogP contribution is 2.24. The van der Waals surface area contributed by atoms with E-state index in [1.165, 1.54) is 41.0 Å². The van der Waals surface area contributed by atoms with E-state index in [1.807, 2.05) is 0 Å². The first-order valence-corrected chi connectivity index (χ1v) is 11.9. The Hall–Kier alpha value is -2.76. The highest BCUT2D eigenvalue weighted by atomic mass is 32.2. The first-order valence-electron chi connectivity index (χ1n) is 9.61. The predicted octanol–water partition coefficient (Wildman–Crippen LogP) is 2.25. The third-order valence-electron chi connectivity index (χ3n) is 4.98. The van der Waals surface area contributed by atoms with E-state index in [2.05, 4.69) is 4.72 Å². The summed E-state index contributed by atoms with van der Waals surface area (Å²) in [4.78, 5) is 26.2. The number of sulfonamides is 1. The zero-order chi connectivity index (χ0) is 22.0. The Bertz CT molecular complexity index is 1280. The molecule has 31 heavy (non-hydrogen) atoms. The second kappa shape index (κ2) is 8.77. The number of nitrogens with one attached hydrogen (secondary N) is 1. The molecule has 4 rings (SSSR count). The van der Waals surface area contributed by atoms with Gasteiger partial charge in [-0.2, -0.15) is 0 Å². The molecule has 1 fully saturated rings. The van der Waals surface area contributed by atoms with Crippen molar-refractivity contribution in [3.8, 4) is 0 Å². The minimum atomic E-state index is -4.04. The number of hydrogen-bond donors (Lipinski definition) is 1. The van der Waals surface area contributed by atoms with Crippen LogP contribution in [0.2, 0.25) is 0 Å². The van der Waals surface area contributed by atoms with Crippen LogP contribution in [0.3, 0.4) is 0 Å². The number of hydrogen-bond acceptors (Lipinski definition) is 6. The number of thiazole rings is 1. The molecule has 8 nitrogen and oxygen atoms in total. The molecule has 164 valence electrons. The van der Waals surface area contributed by atoms with Crippen LogP contribution in [-0.4, -0.2) is 50.1 Å². The van der Waals surface area contributed by atoms with Gasteiger partial charge in [-0.1, -0.05) is 23.5 Å². The number of halogens is 1. The van der Waals surface area contributed by atoms with Crippen molar-refractivity contribution in [1.82, 2.24) is 9.47 Å². The van der Waals surface area contributed by atoms with E-state index in [4.69, 9.17) is 4.74 Å². The molecule has 1 aromatic heterocycles. The second-order valence-corrected chi connectivity index (χ2v) is 9.65. The number of fused-ring (bicyclic) bond motifs is 1. The van der Waals surface area contributed by atoms with Crippen molar-refractivity contribution in [2.24, 2.45) is 0 Å². The van der Waals surface area contributed by atoms with Crippen LogP contribution in [0.5, 0.6) is 0 Å². The summed E-state index contributed by atoms with van der Waals surface area (Å²) >= 11 is 0.902. The number of aromatic nitrogens is 1. The first-order chi connectivity index (χ1) is 14.8. The Labute approximate surface area is 181 Å². The quantitative estimate of drug-likeness (QED) is 0.602. The fourth-order valence-corrected chi connectivity index (χ4v) is 5.48. The van der Waals surface area contributed by atoms with Crippen molar-refractivity contribution in [3.05, 3.63) is 57.9 Å². The van der Waals surface area contributed by atoms with Crippen LogP contribution >= 0.6 is 11.3 Å². The predicted molar refractivity (Wildman–Crippen MR) is 115 cm³/mol. The summed E-state index contributed by atoms with van der Waals surface area (Å²) < 4.78 is 48.5. The first kappa shape index (κ1) is 21.5. The SMILES string of the molecule is O=C(CCn1c(=O)sc2cc(S(=O)(=O)Nc3ccccc3F)ccc21)N1CCOCC1. The number of anilines is 1. The fraction of sp³-hybridized carbons (Fsp3) is 0.300. The van der Waals surface area contributed by atoms with Gasteiger partial charge in [0.15, 0.2) is 0 Å². The van der Waals surface area contributed by atoms with E-state index < -0.39 is 15.8 Å². The number of amides is 1. The average Bonchev–Trinajstić information content (AvgIpc) is 3.08. The molecule has 0 bridgehead atoms. The molecule has 1 aliphatic rings. The Balaban J connectivity index is 1.54. The van der Waals surface area contributed by atoms with Crippen LogP contribution in [0.1, 0.15) is 6.42 Å². The minimum absolute atomic E-state index is 0.0529. The van der Waals surface area contributed by atoms with E-state index in [1.54, 1.807) is 4.90 Å². The van der Waals surface area contributed by atoms with Gasteiger partial charge in [0.25, 0.3) is 10.0 Å². The number of nitrogens with zero attached hydrogens (tertiary/aromatic N) is 2. The van der Waals surface area contributed by atoms with Gasteiger partial charge < -0.3 is 9.64 Å². The number of benzene rings is 2. The summed E-state index contributed by atoms with van der Waals surface area (Å²) in [6.45, 7) is 2.29. The van der Waals surface area contributed by atoms with Gasteiger partial charge >= 0.3 is 4.87 Å². The van der Waals surface area contributed by atoms with Crippen molar-refractivity contribution in [2.75, 3.05) is 31.0 Å². The van der Waals surface area contributed by atoms with E-state index >= 15 is 0 Å². The fourth-order valence-electron chi connectivity index (χ4n) is 3.35. The molecule has 0 atom stereocenters. The number of para-hydroxylation sites is 1. The molecule has 1 saturated heterocycles. The Morgan fingerprint density at radius 1 is 1.16 bits per heavy atom. The summed E-state index contributed by atoms with van der Waals surface area (Å²) in [5, 5.41) is 0. The lowest BCUT2D eigenvalue weighted by molar-refractivity contribution is -0.135. The van der Waals surface area contributed by atoms with Crippen molar-refractivity contribution in [1.29, 1.82) is 0 Å². The molecule has 2 heterocycles. The molecule has 1 aliphatic heterocycles. The van der Waals surface area contributed by atoms with Gasteiger partial charge in [0, 0.05) is 26.1 Å².